The topological polar surface area (TPSA) is 84.5 Å². The van der Waals surface area contributed by atoms with Crippen molar-refractivity contribution in [2.24, 2.45) is 0 Å². The third-order valence-corrected chi connectivity index (χ3v) is 3.14. The molecular weight excluding hydrogens is 376 g/mol. The van der Waals surface area contributed by atoms with Crippen molar-refractivity contribution in [3.8, 4) is 0 Å². The van der Waals surface area contributed by atoms with E-state index in [0.29, 0.717) is 0 Å². The average molecular weight is 397 g/mol. The Hall–Kier alpha value is -2.15. The SMILES string of the molecule is C[C@H](OC(=O)/C=C/c1cccc(Br)c1)C(=O)NC(=O)NC(C)(C)C. The van der Waals surface area contributed by atoms with Gasteiger partial charge in [-0.05, 0) is 51.5 Å². The number of amides is 3. The predicted octanol–water partition coefficient (Wildman–Crippen LogP) is 3.02. The van der Waals surface area contributed by atoms with Crippen molar-refractivity contribution in [3.05, 3.63) is 40.4 Å². The number of halogens is 1. The van der Waals surface area contributed by atoms with Gasteiger partial charge in [0.15, 0.2) is 6.10 Å². The summed E-state index contributed by atoms with van der Waals surface area (Å²) >= 11 is 3.33. The van der Waals surface area contributed by atoms with Crippen LogP contribution in [0.3, 0.4) is 0 Å². The fourth-order valence-corrected chi connectivity index (χ4v) is 2.04. The standard InChI is InChI=1S/C17H21BrN2O4/c1-11(15(22)19-16(23)20-17(2,3)4)24-14(21)9-8-12-6-5-7-13(18)10-12/h5-11H,1-4H3,(H2,19,20,22,23)/b9-8+/t11-/m0/s1. The van der Waals surface area contributed by atoms with E-state index in [1.54, 1.807) is 26.8 Å². The molecule has 0 saturated heterocycles. The lowest BCUT2D eigenvalue weighted by Crippen LogP contribution is -2.50. The lowest BCUT2D eigenvalue weighted by Gasteiger charge is -2.21. The highest BCUT2D eigenvalue weighted by Gasteiger charge is 2.21. The minimum Gasteiger partial charge on any atom is -0.449 e. The van der Waals surface area contributed by atoms with Crippen molar-refractivity contribution >= 4 is 39.9 Å². The van der Waals surface area contributed by atoms with Gasteiger partial charge in [-0.2, -0.15) is 0 Å². The highest BCUT2D eigenvalue weighted by atomic mass is 79.9. The van der Waals surface area contributed by atoms with Crippen LogP contribution in [0.5, 0.6) is 0 Å². The maximum atomic E-state index is 11.8. The fraction of sp³-hybridized carbons (Fsp3) is 0.353. The third kappa shape index (κ3) is 7.92. The second-order valence-corrected chi connectivity index (χ2v) is 7.08. The van der Waals surface area contributed by atoms with Crippen LogP contribution in [0.1, 0.15) is 33.3 Å². The number of nitrogens with one attached hydrogen (secondary N) is 2. The summed E-state index contributed by atoms with van der Waals surface area (Å²) in [7, 11) is 0. The Morgan fingerprint density at radius 1 is 1.25 bits per heavy atom. The first-order chi connectivity index (χ1) is 11.1. The molecule has 0 aliphatic carbocycles. The van der Waals surface area contributed by atoms with Gasteiger partial charge in [0.2, 0.25) is 0 Å². The van der Waals surface area contributed by atoms with Gasteiger partial charge in [-0.25, -0.2) is 9.59 Å². The summed E-state index contributed by atoms with van der Waals surface area (Å²) < 4.78 is 5.85. The van der Waals surface area contributed by atoms with E-state index in [4.69, 9.17) is 4.74 Å². The van der Waals surface area contributed by atoms with Crippen molar-refractivity contribution in [2.75, 3.05) is 0 Å². The number of benzene rings is 1. The van der Waals surface area contributed by atoms with Crippen LogP contribution >= 0.6 is 15.9 Å². The number of ether oxygens (including phenoxy) is 1. The smallest absolute Gasteiger partial charge is 0.331 e. The lowest BCUT2D eigenvalue weighted by molar-refractivity contribution is -0.149. The van der Waals surface area contributed by atoms with Gasteiger partial charge in [0.1, 0.15) is 0 Å². The number of urea groups is 1. The highest BCUT2D eigenvalue weighted by molar-refractivity contribution is 9.10. The number of imide groups is 1. The number of hydrogen-bond donors (Lipinski definition) is 2. The summed E-state index contributed by atoms with van der Waals surface area (Å²) in [5.41, 5.74) is 0.333. The summed E-state index contributed by atoms with van der Waals surface area (Å²) in [6.07, 6.45) is 1.71. The number of carbonyl (C=O) groups is 3. The van der Waals surface area contributed by atoms with Crippen LogP contribution in [0.4, 0.5) is 4.79 Å². The molecule has 0 aliphatic heterocycles. The molecule has 3 amide bonds. The first-order valence-electron chi connectivity index (χ1n) is 7.34. The van der Waals surface area contributed by atoms with E-state index >= 15 is 0 Å². The normalized spacial score (nSPS) is 12.5. The Morgan fingerprint density at radius 2 is 1.92 bits per heavy atom. The lowest BCUT2D eigenvalue weighted by atomic mass is 10.1. The second-order valence-electron chi connectivity index (χ2n) is 6.16. The minimum atomic E-state index is -1.09. The quantitative estimate of drug-likeness (QED) is 0.604. The Balaban J connectivity index is 2.51. The minimum absolute atomic E-state index is 0.475. The predicted molar refractivity (Wildman–Crippen MR) is 95.2 cm³/mol. The molecule has 1 aromatic carbocycles. The monoisotopic (exact) mass is 396 g/mol. The number of rotatable bonds is 4. The molecule has 1 aromatic rings. The summed E-state index contributed by atoms with van der Waals surface area (Å²) in [6.45, 7) is 6.75. The maximum Gasteiger partial charge on any atom is 0.331 e. The largest absolute Gasteiger partial charge is 0.449 e. The summed E-state index contributed by atoms with van der Waals surface area (Å²) in [6, 6.07) is 6.71. The van der Waals surface area contributed by atoms with E-state index in [1.165, 1.54) is 13.0 Å². The molecule has 7 heteroatoms. The second kappa shape index (κ2) is 8.63. The number of carbonyl (C=O) groups excluding carboxylic acids is 3. The molecule has 0 fully saturated rings. The summed E-state index contributed by atoms with van der Waals surface area (Å²) in [5, 5.41) is 4.71. The molecule has 0 unspecified atom stereocenters. The van der Waals surface area contributed by atoms with Crippen LogP contribution in [-0.4, -0.2) is 29.6 Å². The highest BCUT2D eigenvalue weighted by Crippen LogP contribution is 2.12. The van der Waals surface area contributed by atoms with Gasteiger partial charge in [0.05, 0.1) is 0 Å². The molecule has 6 nitrogen and oxygen atoms in total. The molecule has 0 spiro atoms. The maximum absolute atomic E-state index is 11.8. The van der Waals surface area contributed by atoms with E-state index in [1.807, 2.05) is 24.3 Å². The molecular formula is C17H21BrN2O4. The van der Waals surface area contributed by atoms with Gasteiger partial charge in [-0.1, -0.05) is 28.1 Å². The van der Waals surface area contributed by atoms with Gasteiger partial charge < -0.3 is 10.1 Å². The molecule has 0 bridgehead atoms. The molecule has 0 heterocycles. The van der Waals surface area contributed by atoms with Crippen molar-refractivity contribution in [1.29, 1.82) is 0 Å². The zero-order valence-electron chi connectivity index (χ0n) is 14.1. The van der Waals surface area contributed by atoms with Gasteiger partial charge in [-0.15, -0.1) is 0 Å². The van der Waals surface area contributed by atoms with Crippen LogP contribution in [0.15, 0.2) is 34.8 Å². The van der Waals surface area contributed by atoms with Gasteiger partial charge in [-0.3, -0.25) is 10.1 Å². The molecule has 130 valence electrons. The van der Waals surface area contributed by atoms with Crippen molar-refractivity contribution in [1.82, 2.24) is 10.6 Å². The molecule has 0 saturated carbocycles. The first-order valence-corrected chi connectivity index (χ1v) is 8.13. The molecule has 0 aromatic heterocycles. The van der Waals surface area contributed by atoms with Crippen LogP contribution in [0.25, 0.3) is 6.08 Å². The molecule has 1 rings (SSSR count). The van der Waals surface area contributed by atoms with Crippen molar-refractivity contribution in [3.63, 3.8) is 0 Å². The molecule has 1 atom stereocenters. The van der Waals surface area contributed by atoms with Crippen LogP contribution in [-0.2, 0) is 14.3 Å². The molecule has 2 N–H and O–H groups in total. The zero-order valence-corrected chi connectivity index (χ0v) is 15.6. The van der Waals surface area contributed by atoms with E-state index in [2.05, 4.69) is 26.6 Å². The average Bonchev–Trinajstić information content (AvgIpc) is 2.43. The Bertz CT molecular complexity index is 650. The van der Waals surface area contributed by atoms with Crippen LogP contribution in [0, 0.1) is 0 Å². The van der Waals surface area contributed by atoms with Gasteiger partial charge in [0, 0.05) is 16.1 Å². The Morgan fingerprint density at radius 3 is 2.50 bits per heavy atom. The number of hydrogen-bond acceptors (Lipinski definition) is 4. The van der Waals surface area contributed by atoms with Crippen LogP contribution < -0.4 is 10.6 Å². The van der Waals surface area contributed by atoms with Crippen molar-refractivity contribution < 1.29 is 19.1 Å². The summed E-state index contributed by atoms with van der Waals surface area (Å²) in [5.74, 6) is -1.37. The third-order valence-electron chi connectivity index (χ3n) is 2.65. The molecule has 24 heavy (non-hydrogen) atoms. The van der Waals surface area contributed by atoms with Gasteiger partial charge >= 0.3 is 12.0 Å². The zero-order chi connectivity index (χ0) is 18.3. The van der Waals surface area contributed by atoms with Gasteiger partial charge in [0.25, 0.3) is 5.91 Å². The Kier molecular flexibility index (Phi) is 7.16. The van der Waals surface area contributed by atoms with Crippen molar-refractivity contribution in [2.45, 2.75) is 39.3 Å². The van der Waals surface area contributed by atoms with Crippen LogP contribution in [0.2, 0.25) is 0 Å². The molecule has 0 radical (unpaired) electrons. The fourth-order valence-electron chi connectivity index (χ4n) is 1.63. The van der Waals surface area contributed by atoms with E-state index in [-0.39, 0.29) is 0 Å². The Labute approximate surface area is 149 Å². The van der Waals surface area contributed by atoms with E-state index < -0.39 is 29.6 Å². The molecule has 0 aliphatic rings. The van der Waals surface area contributed by atoms with E-state index in [0.717, 1.165) is 10.0 Å². The van der Waals surface area contributed by atoms with E-state index in [9.17, 15) is 14.4 Å². The summed E-state index contributed by atoms with van der Waals surface area (Å²) in [4.78, 5) is 35.1. The number of esters is 1. The first kappa shape index (κ1) is 19.9.